The number of methoxy groups -OCH3 is 1. The molecule has 2 aromatic rings. The van der Waals surface area contributed by atoms with Crippen molar-refractivity contribution in [2.75, 3.05) is 19.0 Å². The number of carbonyl (C=O) groups excluding carboxylic acids is 2. The number of hydrogen-bond donors (Lipinski definition) is 1. The molecule has 10 heteroatoms. The summed E-state index contributed by atoms with van der Waals surface area (Å²) in [5.41, 5.74) is 0.847. The molecule has 26 heavy (non-hydrogen) atoms. The number of rotatable bonds is 5. The van der Waals surface area contributed by atoms with Crippen molar-refractivity contribution >= 4 is 62.7 Å². The van der Waals surface area contributed by atoms with Crippen LogP contribution in [-0.4, -0.2) is 44.9 Å². The van der Waals surface area contributed by atoms with Crippen molar-refractivity contribution in [3.8, 4) is 5.75 Å². The molecule has 0 unspecified atom stereocenters. The topological polar surface area (TPSA) is 84.4 Å². The van der Waals surface area contributed by atoms with Crippen LogP contribution in [0.2, 0.25) is 0 Å². The lowest BCUT2D eigenvalue weighted by Gasteiger charge is -2.13. The first kappa shape index (κ1) is 18.5. The first-order valence-corrected chi connectivity index (χ1v) is 9.50. The zero-order valence-corrected chi connectivity index (χ0v) is 16.3. The van der Waals surface area contributed by atoms with E-state index in [1.165, 1.54) is 28.0 Å². The van der Waals surface area contributed by atoms with Crippen LogP contribution in [0.3, 0.4) is 0 Å². The molecule has 7 nitrogen and oxygen atoms in total. The zero-order valence-electron chi connectivity index (χ0n) is 13.9. The van der Waals surface area contributed by atoms with Crippen LogP contribution in [0.25, 0.3) is 6.08 Å². The van der Waals surface area contributed by atoms with Crippen molar-refractivity contribution in [2.24, 2.45) is 0 Å². The van der Waals surface area contributed by atoms with Gasteiger partial charge in [0.1, 0.15) is 21.6 Å². The molecule has 1 saturated heterocycles. The number of carbonyl (C=O) groups is 2. The van der Waals surface area contributed by atoms with Gasteiger partial charge in [-0.1, -0.05) is 47.4 Å². The number of thioether (sulfide) groups is 1. The Hall–Kier alpha value is -2.30. The average Bonchev–Trinajstić information content (AvgIpc) is 3.13. The van der Waals surface area contributed by atoms with Gasteiger partial charge in [-0.05, 0) is 30.7 Å². The molecule has 3 rings (SSSR count). The lowest BCUT2D eigenvalue weighted by atomic mass is 10.2. The maximum Gasteiger partial charge on any atom is 0.266 e. The normalized spacial score (nSPS) is 15.6. The van der Waals surface area contributed by atoms with Gasteiger partial charge in [0, 0.05) is 0 Å². The average molecular weight is 407 g/mol. The fraction of sp³-hybridized carbons (Fsp3) is 0.188. The molecule has 0 bridgehead atoms. The number of aromatic nitrogens is 2. The number of thiocarbonyl (C=S) groups is 1. The van der Waals surface area contributed by atoms with Crippen LogP contribution in [-0.2, 0) is 9.59 Å². The predicted molar refractivity (Wildman–Crippen MR) is 106 cm³/mol. The standard InChI is InChI=1S/C16H14N4O3S3/c1-9-18-19-15(25-9)17-13(21)8-20-14(22)12(26-16(20)24)7-10-3-5-11(23-2)6-4-10/h3-7H,8H2,1-2H3,(H,17,19,21)/b12-7+. The second kappa shape index (κ2) is 7.94. The van der Waals surface area contributed by atoms with Crippen LogP contribution in [0, 0.1) is 6.92 Å². The minimum Gasteiger partial charge on any atom is -0.497 e. The summed E-state index contributed by atoms with van der Waals surface area (Å²) in [7, 11) is 1.59. The molecule has 0 aliphatic carbocycles. The highest BCUT2D eigenvalue weighted by molar-refractivity contribution is 8.26. The fourth-order valence-corrected chi connectivity index (χ4v) is 4.00. The van der Waals surface area contributed by atoms with E-state index in [1.54, 1.807) is 20.1 Å². The second-order valence-corrected chi connectivity index (χ2v) is 8.07. The molecule has 1 aromatic carbocycles. The summed E-state index contributed by atoms with van der Waals surface area (Å²) in [5.74, 6) is 0.0702. The van der Waals surface area contributed by atoms with Crippen molar-refractivity contribution in [3.05, 3.63) is 39.7 Å². The first-order chi connectivity index (χ1) is 12.5. The number of benzene rings is 1. The Bertz CT molecular complexity index is 892. The molecule has 0 spiro atoms. The van der Waals surface area contributed by atoms with Crippen molar-refractivity contribution in [2.45, 2.75) is 6.92 Å². The van der Waals surface area contributed by atoms with Crippen LogP contribution in [0.4, 0.5) is 5.13 Å². The highest BCUT2D eigenvalue weighted by Crippen LogP contribution is 2.32. The van der Waals surface area contributed by atoms with Crippen LogP contribution in [0.1, 0.15) is 10.6 Å². The van der Waals surface area contributed by atoms with Crippen molar-refractivity contribution in [1.29, 1.82) is 0 Å². The van der Waals surface area contributed by atoms with Gasteiger partial charge in [0.05, 0.1) is 12.0 Å². The van der Waals surface area contributed by atoms with Gasteiger partial charge in [0.2, 0.25) is 11.0 Å². The first-order valence-electron chi connectivity index (χ1n) is 7.45. The number of anilines is 1. The summed E-state index contributed by atoms with van der Waals surface area (Å²) < 4.78 is 5.46. The molecule has 1 aliphatic rings. The highest BCUT2D eigenvalue weighted by Gasteiger charge is 2.33. The van der Waals surface area contributed by atoms with E-state index >= 15 is 0 Å². The van der Waals surface area contributed by atoms with Gasteiger partial charge in [-0.2, -0.15) is 0 Å². The third-order valence-electron chi connectivity index (χ3n) is 3.36. The molecule has 0 radical (unpaired) electrons. The molecular formula is C16H14N4O3S3. The summed E-state index contributed by atoms with van der Waals surface area (Å²) in [4.78, 5) is 26.4. The number of ether oxygens (including phenoxy) is 1. The number of nitrogens with zero attached hydrogens (tertiary/aromatic N) is 3. The molecule has 134 valence electrons. The third-order valence-corrected chi connectivity index (χ3v) is 5.49. The van der Waals surface area contributed by atoms with Gasteiger partial charge in [0.15, 0.2) is 0 Å². The Kier molecular flexibility index (Phi) is 5.64. The molecule has 0 atom stereocenters. The number of aryl methyl sites for hydroxylation is 1. The largest absolute Gasteiger partial charge is 0.497 e. The molecule has 1 aliphatic heterocycles. The smallest absolute Gasteiger partial charge is 0.266 e. The van der Waals surface area contributed by atoms with E-state index in [4.69, 9.17) is 17.0 Å². The quantitative estimate of drug-likeness (QED) is 0.604. The van der Waals surface area contributed by atoms with Gasteiger partial charge in [0.25, 0.3) is 5.91 Å². The number of amides is 2. The maximum absolute atomic E-state index is 12.6. The van der Waals surface area contributed by atoms with Crippen LogP contribution in [0.15, 0.2) is 29.2 Å². The zero-order chi connectivity index (χ0) is 18.7. The summed E-state index contributed by atoms with van der Waals surface area (Å²) in [6, 6.07) is 7.31. The van der Waals surface area contributed by atoms with Crippen molar-refractivity contribution in [3.63, 3.8) is 0 Å². The SMILES string of the molecule is COc1ccc(/C=C2/SC(=S)N(CC(=O)Nc3nnc(C)s3)C2=O)cc1. The van der Waals surface area contributed by atoms with Crippen LogP contribution >= 0.6 is 35.3 Å². The van der Waals surface area contributed by atoms with E-state index in [2.05, 4.69) is 15.5 Å². The van der Waals surface area contributed by atoms with Crippen molar-refractivity contribution < 1.29 is 14.3 Å². The van der Waals surface area contributed by atoms with E-state index in [-0.39, 0.29) is 18.4 Å². The van der Waals surface area contributed by atoms with Crippen LogP contribution in [0.5, 0.6) is 5.75 Å². The Morgan fingerprint density at radius 3 is 2.69 bits per heavy atom. The van der Waals surface area contributed by atoms with E-state index < -0.39 is 0 Å². The minimum atomic E-state index is -0.372. The van der Waals surface area contributed by atoms with E-state index in [0.29, 0.717) is 14.4 Å². The van der Waals surface area contributed by atoms with E-state index in [1.807, 2.05) is 24.3 Å². The molecule has 1 aromatic heterocycles. The molecule has 2 heterocycles. The summed E-state index contributed by atoms with van der Waals surface area (Å²) in [5, 5.41) is 11.4. The lowest BCUT2D eigenvalue weighted by molar-refractivity contribution is -0.126. The molecule has 2 amide bonds. The summed E-state index contributed by atoms with van der Waals surface area (Å²) in [6.45, 7) is 1.63. The number of nitrogens with one attached hydrogen (secondary N) is 1. The van der Waals surface area contributed by atoms with Gasteiger partial charge >= 0.3 is 0 Å². The second-order valence-electron chi connectivity index (χ2n) is 5.22. The summed E-state index contributed by atoms with van der Waals surface area (Å²) in [6.07, 6.45) is 1.74. The van der Waals surface area contributed by atoms with Gasteiger partial charge in [-0.15, -0.1) is 10.2 Å². The van der Waals surface area contributed by atoms with Crippen LogP contribution < -0.4 is 10.1 Å². The highest BCUT2D eigenvalue weighted by atomic mass is 32.2. The van der Waals surface area contributed by atoms with Crippen molar-refractivity contribution in [1.82, 2.24) is 15.1 Å². The Morgan fingerprint density at radius 1 is 1.35 bits per heavy atom. The lowest BCUT2D eigenvalue weighted by Crippen LogP contribution is -2.36. The van der Waals surface area contributed by atoms with E-state index in [9.17, 15) is 9.59 Å². The maximum atomic E-state index is 12.6. The summed E-state index contributed by atoms with van der Waals surface area (Å²) >= 11 is 7.67. The van der Waals surface area contributed by atoms with Gasteiger partial charge in [-0.25, -0.2) is 0 Å². The molecule has 0 saturated carbocycles. The Balaban J connectivity index is 1.67. The Morgan fingerprint density at radius 2 is 2.08 bits per heavy atom. The van der Waals surface area contributed by atoms with Gasteiger partial charge < -0.3 is 4.74 Å². The molecular weight excluding hydrogens is 392 g/mol. The van der Waals surface area contributed by atoms with E-state index in [0.717, 1.165) is 16.3 Å². The van der Waals surface area contributed by atoms with Gasteiger partial charge in [-0.3, -0.25) is 19.8 Å². The fourth-order valence-electron chi connectivity index (χ4n) is 2.14. The molecule has 1 fully saturated rings. The minimum absolute atomic E-state index is 0.163. The Labute approximate surface area is 163 Å². The predicted octanol–water partition coefficient (Wildman–Crippen LogP) is 2.70. The number of hydrogen-bond acceptors (Lipinski definition) is 8. The molecule has 1 N–H and O–H groups in total. The monoisotopic (exact) mass is 406 g/mol. The third kappa shape index (κ3) is 4.26.